The molecule has 3 rings (SSSR count). The van der Waals surface area contributed by atoms with Crippen LogP contribution >= 0.6 is 38.6 Å². The van der Waals surface area contributed by atoms with Gasteiger partial charge in [-0.1, -0.05) is 6.07 Å². The minimum atomic E-state index is -0.00878. The number of nitrogens with one attached hydrogen (secondary N) is 1. The minimum Gasteiger partial charge on any atom is -0.379 e. The first-order valence-electron chi connectivity index (χ1n) is 7.13. The first-order valence-corrected chi connectivity index (χ1v) is 9.61. The zero-order valence-electron chi connectivity index (χ0n) is 12.0. The van der Waals surface area contributed by atoms with Crippen LogP contribution in [0.5, 0.6) is 0 Å². The molecule has 0 bridgehead atoms. The van der Waals surface area contributed by atoms with Gasteiger partial charge in [0, 0.05) is 24.5 Å². The van der Waals surface area contributed by atoms with Crippen LogP contribution in [-0.2, 0) is 4.74 Å². The number of hydrogen-bond donors (Lipinski definition) is 1. The van der Waals surface area contributed by atoms with Crippen molar-refractivity contribution >= 4 is 44.5 Å². The lowest BCUT2D eigenvalue weighted by Crippen LogP contribution is -2.43. The number of thiophene rings is 2. The molecule has 1 atom stereocenters. The number of carbonyl (C=O) groups excluding carboxylic acids is 1. The maximum absolute atomic E-state index is 12.3. The highest BCUT2D eigenvalue weighted by atomic mass is 79.9. The molecule has 0 aromatic carbocycles. The molecule has 2 aromatic rings. The number of hydrogen-bond acceptors (Lipinski definition) is 5. The maximum Gasteiger partial charge on any atom is 0.261 e. The van der Waals surface area contributed by atoms with E-state index in [-0.39, 0.29) is 11.9 Å². The molecule has 3 heterocycles. The van der Waals surface area contributed by atoms with Crippen molar-refractivity contribution in [2.45, 2.75) is 6.04 Å². The Bertz CT molecular complexity index is 609. The van der Waals surface area contributed by atoms with E-state index in [0.717, 1.165) is 35.0 Å². The van der Waals surface area contributed by atoms with E-state index < -0.39 is 0 Å². The SMILES string of the molecule is O=C(NC[C@H](c1cccs1)N1CCOCC1)c1ccc(Br)s1. The van der Waals surface area contributed by atoms with Crippen LogP contribution in [0.15, 0.2) is 33.4 Å². The first kappa shape index (κ1) is 16.1. The molecule has 0 radical (unpaired) electrons. The zero-order valence-corrected chi connectivity index (χ0v) is 15.2. The van der Waals surface area contributed by atoms with Crippen LogP contribution in [0.2, 0.25) is 0 Å². The van der Waals surface area contributed by atoms with Gasteiger partial charge in [-0.3, -0.25) is 9.69 Å². The largest absolute Gasteiger partial charge is 0.379 e. The van der Waals surface area contributed by atoms with Gasteiger partial charge in [0.1, 0.15) is 0 Å². The summed E-state index contributed by atoms with van der Waals surface area (Å²) in [6.07, 6.45) is 0. The van der Waals surface area contributed by atoms with Crippen molar-refractivity contribution < 1.29 is 9.53 Å². The number of rotatable bonds is 5. The second kappa shape index (κ2) is 7.70. The molecule has 2 aromatic heterocycles. The third-order valence-electron chi connectivity index (χ3n) is 3.61. The highest BCUT2D eigenvalue weighted by Crippen LogP contribution is 2.26. The lowest BCUT2D eigenvalue weighted by Gasteiger charge is -2.34. The molecule has 1 aliphatic heterocycles. The van der Waals surface area contributed by atoms with Gasteiger partial charge in [0.05, 0.1) is 27.9 Å². The molecule has 118 valence electrons. The van der Waals surface area contributed by atoms with Gasteiger partial charge in [0.25, 0.3) is 5.91 Å². The number of amides is 1. The summed E-state index contributed by atoms with van der Waals surface area (Å²) in [5, 5.41) is 5.16. The lowest BCUT2D eigenvalue weighted by molar-refractivity contribution is 0.0169. The molecule has 0 spiro atoms. The van der Waals surface area contributed by atoms with Crippen molar-refractivity contribution in [2.24, 2.45) is 0 Å². The lowest BCUT2D eigenvalue weighted by atomic mass is 10.2. The van der Waals surface area contributed by atoms with Gasteiger partial charge in [-0.15, -0.1) is 22.7 Å². The van der Waals surface area contributed by atoms with Crippen LogP contribution in [0.25, 0.3) is 0 Å². The molecular weight excluding hydrogens is 384 g/mol. The Morgan fingerprint density at radius 2 is 2.18 bits per heavy atom. The summed E-state index contributed by atoms with van der Waals surface area (Å²) in [7, 11) is 0. The Labute approximate surface area is 146 Å². The van der Waals surface area contributed by atoms with E-state index in [1.54, 1.807) is 11.3 Å². The van der Waals surface area contributed by atoms with Gasteiger partial charge in [0.2, 0.25) is 0 Å². The fraction of sp³-hybridized carbons (Fsp3) is 0.400. The minimum absolute atomic E-state index is 0.00878. The predicted octanol–water partition coefficient (Wildman–Crippen LogP) is 3.38. The fourth-order valence-corrected chi connectivity index (χ4v) is 4.66. The summed E-state index contributed by atoms with van der Waals surface area (Å²) in [6.45, 7) is 3.95. The van der Waals surface area contributed by atoms with E-state index in [2.05, 4.69) is 43.7 Å². The quantitative estimate of drug-likeness (QED) is 0.836. The number of halogens is 1. The second-order valence-corrected chi connectivity index (χ2v) is 8.44. The van der Waals surface area contributed by atoms with E-state index in [1.807, 2.05) is 12.1 Å². The second-order valence-electron chi connectivity index (χ2n) is 4.99. The molecule has 1 amide bonds. The van der Waals surface area contributed by atoms with Crippen LogP contribution in [0.4, 0.5) is 0 Å². The summed E-state index contributed by atoms with van der Waals surface area (Å²) in [5.41, 5.74) is 0. The molecule has 0 aliphatic carbocycles. The van der Waals surface area contributed by atoms with Crippen LogP contribution in [0.1, 0.15) is 20.6 Å². The summed E-state index contributed by atoms with van der Waals surface area (Å²) in [6, 6.07) is 8.16. The van der Waals surface area contributed by atoms with Crippen molar-refractivity contribution in [1.82, 2.24) is 10.2 Å². The predicted molar refractivity (Wildman–Crippen MR) is 93.8 cm³/mol. The first-order chi connectivity index (χ1) is 10.7. The van der Waals surface area contributed by atoms with Crippen LogP contribution in [0.3, 0.4) is 0 Å². The Balaban J connectivity index is 1.66. The smallest absolute Gasteiger partial charge is 0.261 e. The molecule has 22 heavy (non-hydrogen) atoms. The Morgan fingerprint density at radius 3 is 2.82 bits per heavy atom. The van der Waals surface area contributed by atoms with Gasteiger partial charge in [0.15, 0.2) is 0 Å². The number of morpholine rings is 1. The van der Waals surface area contributed by atoms with Gasteiger partial charge in [-0.05, 0) is 39.5 Å². The van der Waals surface area contributed by atoms with Gasteiger partial charge in [-0.25, -0.2) is 0 Å². The molecule has 4 nitrogen and oxygen atoms in total. The summed E-state index contributed by atoms with van der Waals surface area (Å²) < 4.78 is 6.41. The maximum atomic E-state index is 12.3. The standard InChI is InChI=1S/C15H17BrN2O2S2/c16-14-4-3-13(22-14)15(19)17-10-11(12-2-1-9-21-12)18-5-7-20-8-6-18/h1-4,9,11H,5-8,10H2,(H,17,19)/t11-/m1/s1. The highest BCUT2D eigenvalue weighted by molar-refractivity contribution is 9.11. The number of nitrogens with zero attached hydrogens (tertiary/aromatic N) is 1. The van der Waals surface area contributed by atoms with Gasteiger partial charge in [-0.2, -0.15) is 0 Å². The average molecular weight is 401 g/mol. The van der Waals surface area contributed by atoms with Crippen molar-refractivity contribution in [3.63, 3.8) is 0 Å². The van der Waals surface area contributed by atoms with E-state index in [0.29, 0.717) is 6.54 Å². The Kier molecular flexibility index (Phi) is 5.65. The van der Waals surface area contributed by atoms with Gasteiger partial charge >= 0.3 is 0 Å². The van der Waals surface area contributed by atoms with Crippen molar-refractivity contribution in [3.8, 4) is 0 Å². The Morgan fingerprint density at radius 1 is 1.36 bits per heavy atom. The molecule has 7 heteroatoms. The molecule has 0 unspecified atom stereocenters. The van der Waals surface area contributed by atoms with Crippen molar-refractivity contribution in [2.75, 3.05) is 32.8 Å². The normalized spacial score (nSPS) is 17.3. The van der Waals surface area contributed by atoms with E-state index in [1.165, 1.54) is 16.2 Å². The molecule has 1 N–H and O–H groups in total. The van der Waals surface area contributed by atoms with Crippen LogP contribution in [0, 0.1) is 0 Å². The Hall–Kier alpha value is -0.730. The summed E-state index contributed by atoms with van der Waals surface area (Å²) in [4.78, 5) is 16.7. The average Bonchev–Trinajstić information content (AvgIpc) is 3.20. The van der Waals surface area contributed by atoms with E-state index >= 15 is 0 Å². The third kappa shape index (κ3) is 3.97. The van der Waals surface area contributed by atoms with Crippen molar-refractivity contribution in [1.29, 1.82) is 0 Å². The molecule has 0 saturated carbocycles. The van der Waals surface area contributed by atoms with Gasteiger partial charge < -0.3 is 10.1 Å². The summed E-state index contributed by atoms with van der Waals surface area (Å²) >= 11 is 6.58. The fourth-order valence-electron chi connectivity index (χ4n) is 2.49. The van der Waals surface area contributed by atoms with Crippen LogP contribution < -0.4 is 5.32 Å². The summed E-state index contributed by atoms with van der Waals surface area (Å²) in [5.74, 6) is -0.00878. The highest BCUT2D eigenvalue weighted by Gasteiger charge is 2.24. The third-order valence-corrected chi connectivity index (χ3v) is 6.21. The molecule has 1 fully saturated rings. The molecule has 1 aliphatic rings. The monoisotopic (exact) mass is 400 g/mol. The van der Waals surface area contributed by atoms with Crippen LogP contribution in [-0.4, -0.2) is 43.7 Å². The van der Waals surface area contributed by atoms with Crippen molar-refractivity contribution in [3.05, 3.63) is 43.2 Å². The van der Waals surface area contributed by atoms with E-state index in [9.17, 15) is 4.79 Å². The van der Waals surface area contributed by atoms with E-state index in [4.69, 9.17) is 4.74 Å². The zero-order chi connectivity index (χ0) is 15.4. The number of carbonyl (C=O) groups is 1. The number of ether oxygens (including phenoxy) is 1. The molecular formula is C15H17BrN2O2S2. The molecule has 1 saturated heterocycles. The topological polar surface area (TPSA) is 41.6 Å².